The van der Waals surface area contributed by atoms with Gasteiger partial charge in [0, 0.05) is 46.3 Å². The molecule has 1 amide bonds. The summed E-state index contributed by atoms with van der Waals surface area (Å²) in [7, 11) is 1.85. The highest BCUT2D eigenvalue weighted by Gasteiger charge is 2.24. The van der Waals surface area contributed by atoms with E-state index in [1.807, 2.05) is 37.4 Å². The van der Waals surface area contributed by atoms with Crippen molar-refractivity contribution in [3.8, 4) is 0 Å². The van der Waals surface area contributed by atoms with Gasteiger partial charge in [-0.25, -0.2) is 0 Å². The minimum absolute atomic E-state index is 0.116. The molecule has 1 unspecified atom stereocenters. The Hall–Kier alpha value is -2.12. The number of hydrogen-bond acceptors (Lipinski definition) is 4. The third-order valence-electron chi connectivity index (χ3n) is 6.14. The average molecular weight is 445 g/mol. The molecular formula is C25H40N4O3. The zero-order chi connectivity index (χ0) is 22.6. The molecule has 2 aliphatic heterocycles. The molecule has 0 radical (unpaired) electrons. The molecule has 0 aliphatic carbocycles. The van der Waals surface area contributed by atoms with Crippen molar-refractivity contribution >= 4 is 11.9 Å². The number of rotatable bonds is 9. The molecule has 0 saturated carbocycles. The smallest absolute Gasteiger partial charge is 0.224 e. The number of nitrogens with one attached hydrogen (secondary N) is 1. The van der Waals surface area contributed by atoms with Crippen LogP contribution in [0.2, 0.25) is 0 Å². The van der Waals surface area contributed by atoms with Crippen LogP contribution in [0.1, 0.15) is 51.0 Å². The standard InChI is InChI=1S/C25H40N4O3/c1-3-26-25(27-15-12-24(30)28(2)19-21-9-5-4-6-10-21)29-16-13-22(14-17-29)32-20-23-11-7-8-18-31-23/h4-6,9-10,22-23H,3,7-8,11-20H2,1-2H3,(H,26,27). The van der Waals surface area contributed by atoms with Gasteiger partial charge in [-0.3, -0.25) is 9.79 Å². The Morgan fingerprint density at radius 2 is 2.00 bits per heavy atom. The van der Waals surface area contributed by atoms with E-state index in [2.05, 4.69) is 17.1 Å². The van der Waals surface area contributed by atoms with Gasteiger partial charge in [0.1, 0.15) is 0 Å². The van der Waals surface area contributed by atoms with E-state index < -0.39 is 0 Å². The maximum absolute atomic E-state index is 12.5. The average Bonchev–Trinajstić information content (AvgIpc) is 2.84. The molecule has 2 fully saturated rings. The quantitative estimate of drug-likeness (QED) is 0.468. The van der Waals surface area contributed by atoms with Crippen LogP contribution in [-0.4, -0.2) is 80.3 Å². The van der Waals surface area contributed by atoms with E-state index in [1.54, 1.807) is 4.90 Å². The molecule has 2 heterocycles. The number of aliphatic imine (C=N–C) groups is 1. The van der Waals surface area contributed by atoms with Crippen LogP contribution >= 0.6 is 0 Å². The lowest BCUT2D eigenvalue weighted by Gasteiger charge is -2.35. The number of amides is 1. The Morgan fingerprint density at radius 1 is 1.22 bits per heavy atom. The summed E-state index contributed by atoms with van der Waals surface area (Å²) in [4.78, 5) is 21.3. The molecule has 32 heavy (non-hydrogen) atoms. The van der Waals surface area contributed by atoms with Gasteiger partial charge in [0.2, 0.25) is 5.91 Å². The van der Waals surface area contributed by atoms with Gasteiger partial charge in [-0.1, -0.05) is 30.3 Å². The van der Waals surface area contributed by atoms with E-state index in [4.69, 9.17) is 14.5 Å². The summed E-state index contributed by atoms with van der Waals surface area (Å²) >= 11 is 0. The lowest BCUT2D eigenvalue weighted by molar-refractivity contribution is -0.130. The van der Waals surface area contributed by atoms with E-state index in [0.29, 0.717) is 25.6 Å². The summed E-state index contributed by atoms with van der Waals surface area (Å²) in [5.41, 5.74) is 1.14. The monoisotopic (exact) mass is 444 g/mol. The first-order chi connectivity index (χ1) is 15.7. The number of piperidine rings is 1. The third-order valence-corrected chi connectivity index (χ3v) is 6.14. The number of guanidine groups is 1. The zero-order valence-corrected chi connectivity index (χ0v) is 19.8. The van der Waals surface area contributed by atoms with Gasteiger partial charge in [-0.05, 0) is 44.6 Å². The molecule has 7 heteroatoms. The summed E-state index contributed by atoms with van der Waals surface area (Å²) < 4.78 is 11.9. The van der Waals surface area contributed by atoms with Crippen molar-refractivity contribution in [2.45, 2.75) is 64.2 Å². The van der Waals surface area contributed by atoms with Crippen LogP contribution in [0.4, 0.5) is 0 Å². The van der Waals surface area contributed by atoms with Gasteiger partial charge in [0.25, 0.3) is 0 Å². The van der Waals surface area contributed by atoms with Crippen LogP contribution in [0.5, 0.6) is 0 Å². The molecule has 7 nitrogen and oxygen atoms in total. The molecule has 1 atom stereocenters. The number of ether oxygens (including phenoxy) is 2. The number of benzene rings is 1. The van der Waals surface area contributed by atoms with Gasteiger partial charge >= 0.3 is 0 Å². The van der Waals surface area contributed by atoms with Crippen molar-refractivity contribution < 1.29 is 14.3 Å². The maximum Gasteiger partial charge on any atom is 0.224 e. The molecule has 3 rings (SSSR count). The fourth-order valence-electron chi connectivity index (χ4n) is 4.24. The fourth-order valence-corrected chi connectivity index (χ4v) is 4.24. The third kappa shape index (κ3) is 8.10. The number of hydrogen-bond donors (Lipinski definition) is 1. The molecule has 1 N–H and O–H groups in total. The van der Waals surface area contributed by atoms with Crippen molar-refractivity contribution in [1.29, 1.82) is 0 Å². The Kier molecular flexibility index (Phi) is 10.3. The predicted octanol–water partition coefficient (Wildman–Crippen LogP) is 3.05. The Bertz CT molecular complexity index is 698. The molecule has 2 saturated heterocycles. The molecular weight excluding hydrogens is 404 g/mol. The second-order valence-electron chi connectivity index (χ2n) is 8.73. The zero-order valence-electron chi connectivity index (χ0n) is 19.8. The highest BCUT2D eigenvalue weighted by molar-refractivity contribution is 5.81. The van der Waals surface area contributed by atoms with E-state index in [1.165, 1.54) is 12.8 Å². The van der Waals surface area contributed by atoms with Gasteiger partial charge < -0.3 is 24.6 Å². The molecule has 2 aliphatic rings. The first-order valence-electron chi connectivity index (χ1n) is 12.2. The lowest BCUT2D eigenvalue weighted by Crippen LogP contribution is -2.47. The topological polar surface area (TPSA) is 66.4 Å². The fraction of sp³-hybridized carbons (Fsp3) is 0.680. The van der Waals surface area contributed by atoms with E-state index in [9.17, 15) is 4.79 Å². The summed E-state index contributed by atoms with van der Waals surface area (Å²) in [5, 5.41) is 3.38. The summed E-state index contributed by atoms with van der Waals surface area (Å²) in [6.07, 6.45) is 6.53. The molecule has 0 spiro atoms. The normalized spacial score (nSPS) is 20.2. The summed E-state index contributed by atoms with van der Waals surface area (Å²) in [6, 6.07) is 10.1. The number of nitrogens with zero attached hydrogens (tertiary/aromatic N) is 3. The maximum atomic E-state index is 12.5. The van der Waals surface area contributed by atoms with Gasteiger partial charge in [-0.15, -0.1) is 0 Å². The first kappa shape index (κ1) is 24.5. The second kappa shape index (κ2) is 13.4. The largest absolute Gasteiger partial charge is 0.376 e. The Labute approximate surface area is 193 Å². The SMILES string of the molecule is CCNC(=NCCC(=O)N(C)Cc1ccccc1)N1CCC(OCC2CCCCO2)CC1. The second-order valence-corrected chi connectivity index (χ2v) is 8.73. The number of likely N-dealkylation sites (tertiary alicyclic amines) is 1. The van der Waals surface area contributed by atoms with Crippen LogP contribution in [0.3, 0.4) is 0 Å². The van der Waals surface area contributed by atoms with Crippen LogP contribution in [0, 0.1) is 0 Å². The van der Waals surface area contributed by atoms with Crippen molar-refractivity contribution in [3.05, 3.63) is 35.9 Å². The van der Waals surface area contributed by atoms with Crippen molar-refractivity contribution in [1.82, 2.24) is 15.1 Å². The van der Waals surface area contributed by atoms with Gasteiger partial charge in [0.05, 0.1) is 25.4 Å². The van der Waals surface area contributed by atoms with Crippen LogP contribution in [-0.2, 0) is 20.8 Å². The number of carbonyl (C=O) groups is 1. The van der Waals surface area contributed by atoms with E-state index >= 15 is 0 Å². The van der Waals surface area contributed by atoms with Crippen LogP contribution in [0.15, 0.2) is 35.3 Å². The molecule has 1 aromatic rings. The molecule has 1 aromatic carbocycles. The summed E-state index contributed by atoms with van der Waals surface area (Å²) in [6.45, 7) is 7.45. The van der Waals surface area contributed by atoms with Crippen LogP contribution < -0.4 is 5.32 Å². The highest BCUT2D eigenvalue weighted by atomic mass is 16.5. The lowest BCUT2D eigenvalue weighted by atomic mass is 10.1. The summed E-state index contributed by atoms with van der Waals surface area (Å²) in [5.74, 6) is 1.02. The van der Waals surface area contributed by atoms with Gasteiger partial charge in [-0.2, -0.15) is 0 Å². The first-order valence-corrected chi connectivity index (χ1v) is 12.2. The highest BCUT2D eigenvalue weighted by Crippen LogP contribution is 2.18. The minimum atomic E-state index is 0.116. The van der Waals surface area contributed by atoms with Crippen molar-refractivity contribution in [2.75, 3.05) is 46.4 Å². The van der Waals surface area contributed by atoms with E-state index in [-0.39, 0.29) is 12.0 Å². The predicted molar refractivity (Wildman–Crippen MR) is 128 cm³/mol. The Morgan fingerprint density at radius 3 is 2.69 bits per heavy atom. The van der Waals surface area contributed by atoms with Crippen molar-refractivity contribution in [2.24, 2.45) is 4.99 Å². The minimum Gasteiger partial charge on any atom is -0.376 e. The molecule has 0 aromatic heterocycles. The number of carbonyl (C=O) groups excluding carboxylic acids is 1. The molecule has 178 valence electrons. The van der Waals surface area contributed by atoms with E-state index in [0.717, 1.165) is 63.6 Å². The Balaban J connectivity index is 1.39. The van der Waals surface area contributed by atoms with Crippen molar-refractivity contribution in [3.63, 3.8) is 0 Å². The molecule has 0 bridgehead atoms. The van der Waals surface area contributed by atoms with Gasteiger partial charge in [0.15, 0.2) is 5.96 Å². The van der Waals surface area contributed by atoms with Crippen LogP contribution in [0.25, 0.3) is 0 Å².